The standard InChI is InChI=1S/C23H23N5O/c1-29-20-5-2-4-18(14-20)19-7-8-22-23(25-26-28(22)16-19)21-6-3-13-27(21)15-17-9-11-24-12-10-17/h2,4-5,7-12,14,16,21H,3,6,13,15H2,1H3. The molecular weight excluding hydrogens is 362 g/mol. The predicted molar refractivity (Wildman–Crippen MR) is 112 cm³/mol. The molecule has 6 nitrogen and oxygen atoms in total. The summed E-state index contributed by atoms with van der Waals surface area (Å²) in [5.74, 6) is 0.847. The molecule has 0 N–H and O–H groups in total. The summed E-state index contributed by atoms with van der Waals surface area (Å²) in [4.78, 5) is 6.62. The van der Waals surface area contributed by atoms with E-state index in [1.54, 1.807) is 7.11 Å². The Kier molecular flexibility index (Phi) is 4.69. The summed E-state index contributed by atoms with van der Waals surface area (Å²) in [6.07, 6.45) is 8.04. The lowest BCUT2D eigenvalue weighted by molar-refractivity contribution is 0.245. The van der Waals surface area contributed by atoms with Crippen LogP contribution in [-0.2, 0) is 6.54 Å². The van der Waals surface area contributed by atoms with Crippen LogP contribution in [0.1, 0.15) is 30.1 Å². The molecule has 1 atom stereocenters. The molecule has 1 aliphatic heterocycles. The lowest BCUT2D eigenvalue weighted by atomic mass is 10.1. The Labute approximate surface area is 169 Å². The van der Waals surface area contributed by atoms with Gasteiger partial charge in [-0.05, 0) is 60.8 Å². The summed E-state index contributed by atoms with van der Waals surface area (Å²) in [5, 5.41) is 9.00. The Morgan fingerprint density at radius 3 is 2.83 bits per heavy atom. The molecule has 5 rings (SSSR count). The van der Waals surface area contributed by atoms with Crippen molar-refractivity contribution in [1.82, 2.24) is 24.7 Å². The van der Waals surface area contributed by atoms with Crippen molar-refractivity contribution in [1.29, 1.82) is 0 Å². The van der Waals surface area contributed by atoms with E-state index in [0.29, 0.717) is 6.04 Å². The number of hydrogen-bond acceptors (Lipinski definition) is 5. The van der Waals surface area contributed by atoms with Crippen molar-refractivity contribution in [2.75, 3.05) is 13.7 Å². The maximum absolute atomic E-state index is 5.35. The third kappa shape index (κ3) is 3.47. The third-order valence-corrected chi connectivity index (χ3v) is 5.66. The molecule has 1 saturated heterocycles. The minimum atomic E-state index is 0.295. The van der Waals surface area contributed by atoms with Crippen molar-refractivity contribution in [2.45, 2.75) is 25.4 Å². The van der Waals surface area contributed by atoms with Crippen LogP contribution < -0.4 is 4.74 Å². The second kappa shape index (κ2) is 7.64. The zero-order valence-corrected chi connectivity index (χ0v) is 16.4. The monoisotopic (exact) mass is 385 g/mol. The summed E-state index contributed by atoms with van der Waals surface area (Å²) in [5.41, 5.74) is 5.61. The molecular formula is C23H23N5O. The smallest absolute Gasteiger partial charge is 0.119 e. The second-order valence-electron chi connectivity index (χ2n) is 7.44. The maximum Gasteiger partial charge on any atom is 0.119 e. The van der Waals surface area contributed by atoms with Gasteiger partial charge < -0.3 is 4.74 Å². The van der Waals surface area contributed by atoms with Crippen molar-refractivity contribution in [3.63, 3.8) is 0 Å². The Bertz CT molecular complexity index is 1120. The summed E-state index contributed by atoms with van der Waals surface area (Å²) in [6, 6.07) is 16.8. The van der Waals surface area contributed by atoms with Crippen molar-refractivity contribution in [3.05, 3.63) is 78.4 Å². The molecule has 0 aliphatic carbocycles. The molecule has 1 fully saturated rings. The molecule has 1 unspecified atom stereocenters. The molecule has 6 heteroatoms. The molecule has 0 bridgehead atoms. The van der Waals surface area contributed by atoms with Gasteiger partial charge in [-0.2, -0.15) is 0 Å². The van der Waals surface area contributed by atoms with Crippen LogP contribution in [-0.4, -0.2) is 38.4 Å². The van der Waals surface area contributed by atoms with E-state index in [2.05, 4.69) is 50.5 Å². The Morgan fingerprint density at radius 2 is 1.97 bits per heavy atom. The first-order chi connectivity index (χ1) is 14.3. The molecule has 29 heavy (non-hydrogen) atoms. The fraction of sp³-hybridized carbons (Fsp3) is 0.261. The number of likely N-dealkylation sites (tertiary alicyclic amines) is 1. The highest BCUT2D eigenvalue weighted by Crippen LogP contribution is 2.34. The molecule has 4 aromatic rings. The van der Waals surface area contributed by atoms with Crippen molar-refractivity contribution < 1.29 is 4.74 Å². The van der Waals surface area contributed by atoms with E-state index in [1.807, 2.05) is 41.3 Å². The minimum Gasteiger partial charge on any atom is -0.497 e. The summed E-state index contributed by atoms with van der Waals surface area (Å²) >= 11 is 0. The molecule has 1 aliphatic rings. The van der Waals surface area contributed by atoms with E-state index in [0.717, 1.165) is 47.6 Å². The molecule has 0 saturated carbocycles. The molecule has 3 aromatic heterocycles. The van der Waals surface area contributed by atoms with Gasteiger partial charge in [-0.25, -0.2) is 4.52 Å². The van der Waals surface area contributed by atoms with Crippen LogP contribution in [0.5, 0.6) is 5.75 Å². The number of benzene rings is 1. The molecule has 0 spiro atoms. The Hall–Kier alpha value is -3.25. The third-order valence-electron chi connectivity index (χ3n) is 5.66. The van der Waals surface area contributed by atoms with E-state index in [4.69, 9.17) is 4.74 Å². The highest BCUT2D eigenvalue weighted by molar-refractivity contribution is 5.67. The fourth-order valence-electron chi connectivity index (χ4n) is 4.17. The number of methoxy groups -OCH3 is 1. The maximum atomic E-state index is 5.35. The molecule has 1 aromatic carbocycles. The lowest BCUT2D eigenvalue weighted by Gasteiger charge is -2.23. The van der Waals surface area contributed by atoms with Crippen molar-refractivity contribution in [3.8, 4) is 16.9 Å². The minimum absolute atomic E-state index is 0.295. The van der Waals surface area contributed by atoms with E-state index in [-0.39, 0.29) is 0 Å². The van der Waals surface area contributed by atoms with Gasteiger partial charge in [0, 0.05) is 30.7 Å². The predicted octanol–water partition coefficient (Wildman–Crippen LogP) is 4.14. The van der Waals surface area contributed by atoms with Gasteiger partial charge in [-0.15, -0.1) is 5.10 Å². The lowest BCUT2D eigenvalue weighted by Crippen LogP contribution is -2.23. The zero-order valence-electron chi connectivity index (χ0n) is 16.4. The SMILES string of the molecule is COc1cccc(-c2ccc3c(C4CCCN4Cc4ccncc4)nnn3c2)c1. The van der Waals surface area contributed by atoms with Crippen LogP contribution in [0.4, 0.5) is 0 Å². The number of fused-ring (bicyclic) bond motifs is 1. The van der Waals surface area contributed by atoms with Crippen LogP contribution >= 0.6 is 0 Å². The summed E-state index contributed by atoms with van der Waals surface area (Å²) in [7, 11) is 1.69. The number of rotatable bonds is 5. The summed E-state index contributed by atoms with van der Waals surface area (Å²) < 4.78 is 7.25. The largest absolute Gasteiger partial charge is 0.497 e. The van der Waals surface area contributed by atoms with Crippen LogP contribution in [0.2, 0.25) is 0 Å². The number of ether oxygens (including phenoxy) is 1. The van der Waals surface area contributed by atoms with E-state index >= 15 is 0 Å². The molecule has 4 heterocycles. The average molecular weight is 385 g/mol. The molecule has 146 valence electrons. The first-order valence-corrected chi connectivity index (χ1v) is 9.94. The van der Waals surface area contributed by atoms with Gasteiger partial charge in [0.05, 0.1) is 18.7 Å². The van der Waals surface area contributed by atoms with E-state index < -0.39 is 0 Å². The van der Waals surface area contributed by atoms with Crippen LogP contribution in [0.15, 0.2) is 67.1 Å². The zero-order chi connectivity index (χ0) is 19.6. The average Bonchev–Trinajstić information content (AvgIpc) is 3.40. The highest BCUT2D eigenvalue weighted by atomic mass is 16.5. The first kappa shape index (κ1) is 17.8. The summed E-state index contributed by atoms with van der Waals surface area (Å²) in [6.45, 7) is 1.99. The van der Waals surface area contributed by atoms with Crippen LogP contribution in [0, 0.1) is 0 Å². The molecule has 0 amide bonds. The van der Waals surface area contributed by atoms with Gasteiger partial charge in [0.25, 0.3) is 0 Å². The quantitative estimate of drug-likeness (QED) is 0.517. The first-order valence-electron chi connectivity index (χ1n) is 9.94. The van der Waals surface area contributed by atoms with Crippen LogP contribution in [0.3, 0.4) is 0 Å². The second-order valence-corrected chi connectivity index (χ2v) is 7.44. The van der Waals surface area contributed by atoms with Gasteiger partial charge in [-0.1, -0.05) is 23.4 Å². The number of nitrogens with zero attached hydrogens (tertiary/aromatic N) is 5. The van der Waals surface area contributed by atoms with Gasteiger partial charge in [0.2, 0.25) is 0 Å². The normalized spacial score (nSPS) is 17.1. The Morgan fingerprint density at radius 1 is 1.07 bits per heavy atom. The Balaban J connectivity index is 1.45. The molecule has 0 radical (unpaired) electrons. The van der Waals surface area contributed by atoms with Crippen molar-refractivity contribution >= 4 is 5.52 Å². The van der Waals surface area contributed by atoms with Gasteiger partial charge >= 0.3 is 0 Å². The van der Waals surface area contributed by atoms with E-state index in [1.165, 1.54) is 12.0 Å². The number of pyridine rings is 2. The van der Waals surface area contributed by atoms with Gasteiger partial charge in [0.1, 0.15) is 11.4 Å². The fourth-order valence-corrected chi connectivity index (χ4v) is 4.17. The topological polar surface area (TPSA) is 55.5 Å². The highest BCUT2D eigenvalue weighted by Gasteiger charge is 2.29. The van der Waals surface area contributed by atoms with Crippen LogP contribution in [0.25, 0.3) is 16.6 Å². The van der Waals surface area contributed by atoms with Gasteiger partial charge in [0.15, 0.2) is 0 Å². The number of hydrogen-bond donors (Lipinski definition) is 0. The number of aromatic nitrogens is 4. The van der Waals surface area contributed by atoms with Gasteiger partial charge in [-0.3, -0.25) is 9.88 Å². The van der Waals surface area contributed by atoms with Crippen molar-refractivity contribution in [2.24, 2.45) is 0 Å². The van der Waals surface area contributed by atoms with E-state index in [9.17, 15) is 0 Å².